The Balaban J connectivity index is 1.25. The van der Waals surface area contributed by atoms with Gasteiger partial charge in [-0.3, -0.25) is 9.78 Å². The zero-order chi connectivity index (χ0) is 22.9. The minimum atomic E-state index is 0.144. The monoisotopic (exact) mass is 454 g/mol. The normalized spacial score (nSPS) is 17.2. The summed E-state index contributed by atoms with van der Waals surface area (Å²) in [7, 11) is 0. The van der Waals surface area contributed by atoms with E-state index in [4.69, 9.17) is 9.47 Å². The van der Waals surface area contributed by atoms with Gasteiger partial charge in [-0.2, -0.15) is 0 Å². The van der Waals surface area contributed by atoms with Gasteiger partial charge in [0.15, 0.2) is 11.5 Å². The molecular formula is C27H26N4O3. The fourth-order valence-corrected chi connectivity index (χ4v) is 4.78. The molecule has 0 radical (unpaired) electrons. The molecule has 2 aliphatic heterocycles. The predicted molar refractivity (Wildman–Crippen MR) is 130 cm³/mol. The zero-order valence-electron chi connectivity index (χ0n) is 18.8. The Morgan fingerprint density at radius 2 is 1.97 bits per heavy atom. The van der Waals surface area contributed by atoms with E-state index in [-0.39, 0.29) is 11.9 Å². The number of aromatic nitrogens is 2. The number of nitrogens with zero attached hydrogens (tertiary/aromatic N) is 2. The van der Waals surface area contributed by atoms with E-state index in [0.717, 1.165) is 52.4 Å². The Hall–Kier alpha value is -3.84. The number of fused-ring (bicyclic) bond motifs is 2. The highest BCUT2D eigenvalue weighted by Crippen LogP contribution is 2.37. The molecule has 7 nitrogen and oxygen atoms in total. The minimum Gasteiger partial charge on any atom is -0.486 e. The Kier molecular flexibility index (Phi) is 5.39. The maximum absolute atomic E-state index is 11.4. The Labute approximate surface area is 197 Å². The van der Waals surface area contributed by atoms with Gasteiger partial charge in [0.1, 0.15) is 13.2 Å². The maximum atomic E-state index is 11.4. The van der Waals surface area contributed by atoms with E-state index in [0.29, 0.717) is 26.2 Å². The van der Waals surface area contributed by atoms with Gasteiger partial charge in [0.2, 0.25) is 5.91 Å². The van der Waals surface area contributed by atoms with Crippen LogP contribution in [0.1, 0.15) is 18.4 Å². The van der Waals surface area contributed by atoms with Crippen molar-refractivity contribution in [3.05, 3.63) is 72.7 Å². The SMILES string of the molecule is O=C1CC[C@@H](CNCc2cncc(-n3ccc4c(-c5ccc6c(c5)OCCO6)cccc43)c2)N1. The number of pyridine rings is 1. The van der Waals surface area contributed by atoms with Crippen LogP contribution in [0.3, 0.4) is 0 Å². The molecule has 0 bridgehead atoms. The first-order chi connectivity index (χ1) is 16.7. The number of carbonyl (C=O) groups excluding carboxylic acids is 1. The summed E-state index contributed by atoms with van der Waals surface area (Å²) >= 11 is 0. The van der Waals surface area contributed by atoms with Crippen molar-refractivity contribution in [3.8, 4) is 28.3 Å². The molecule has 172 valence electrons. The van der Waals surface area contributed by atoms with Crippen LogP contribution in [0, 0.1) is 0 Å². The number of amides is 1. The van der Waals surface area contributed by atoms with Crippen molar-refractivity contribution in [1.82, 2.24) is 20.2 Å². The third-order valence-electron chi connectivity index (χ3n) is 6.45. The molecule has 2 N–H and O–H groups in total. The molecule has 7 heteroatoms. The second kappa shape index (κ2) is 8.83. The topological polar surface area (TPSA) is 77.4 Å². The van der Waals surface area contributed by atoms with Gasteiger partial charge in [-0.25, -0.2) is 0 Å². The molecule has 34 heavy (non-hydrogen) atoms. The van der Waals surface area contributed by atoms with Crippen LogP contribution in [0.2, 0.25) is 0 Å². The summed E-state index contributed by atoms with van der Waals surface area (Å²) in [5.74, 6) is 1.74. The van der Waals surface area contributed by atoms with Crippen LogP contribution < -0.4 is 20.1 Å². The van der Waals surface area contributed by atoms with Crippen LogP contribution >= 0.6 is 0 Å². The standard InChI is InChI=1S/C27H26N4O3/c32-27-7-5-20(30-27)16-28-14-18-12-21(17-29-15-18)31-9-8-23-22(2-1-3-24(23)31)19-4-6-25-26(13-19)34-11-10-33-25/h1-4,6,8-9,12-13,15,17,20,28H,5,7,10-11,14,16H2,(H,30,32)/t20-/m0/s1. The number of carbonyl (C=O) groups is 1. The highest BCUT2D eigenvalue weighted by Gasteiger charge is 2.20. The third-order valence-corrected chi connectivity index (χ3v) is 6.45. The Morgan fingerprint density at radius 1 is 1.06 bits per heavy atom. The average molecular weight is 455 g/mol. The molecule has 0 saturated carbocycles. The van der Waals surface area contributed by atoms with Crippen molar-refractivity contribution in [2.24, 2.45) is 0 Å². The lowest BCUT2D eigenvalue weighted by molar-refractivity contribution is -0.119. The number of hydrogen-bond acceptors (Lipinski definition) is 5. The van der Waals surface area contributed by atoms with Crippen molar-refractivity contribution in [3.63, 3.8) is 0 Å². The van der Waals surface area contributed by atoms with Crippen LogP contribution in [-0.4, -0.2) is 41.3 Å². The van der Waals surface area contributed by atoms with E-state index in [1.807, 2.05) is 18.5 Å². The lowest BCUT2D eigenvalue weighted by Gasteiger charge is -2.19. The predicted octanol–water partition coefficient (Wildman–Crippen LogP) is 3.83. The first kappa shape index (κ1) is 20.7. The first-order valence-corrected chi connectivity index (χ1v) is 11.7. The molecular weight excluding hydrogens is 428 g/mol. The highest BCUT2D eigenvalue weighted by molar-refractivity contribution is 5.96. The lowest BCUT2D eigenvalue weighted by atomic mass is 10.0. The molecule has 4 aromatic rings. The molecule has 0 aliphatic carbocycles. The second-order valence-electron chi connectivity index (χ2n) is 8.77. The van der Waals surface area contributed by atoms with E-state index < -0.39 is 0 Å². The van der Waals surface area contributed by atoms with Crippen molar-refractivity contribution in [2.45, 2.75) is 25.4 Å². The van der Waals surface area contributed by atoms with E-state index in [1.165, 1.54) is 5.39 Å². The summed E-state index contributed by atoms with van der Waals surface area (Å²) in [6.07, 6.45) is 7.38. The van der Waals surface area contributed by atoms with Crippen molar-refractivity contribution in [1.29, 1.82) is 0 Å². The lowest BCUT2D eigenvalue weighted by Crippen LogP contribution is -2.35. The number of ether oxygens (including phenoxy) is 2. The van der Waals surface area contributed by atoms with Crippen LogP contribution in [0.25, 0.3) is 27.7 Å². The van der Waals surface area contributed by atoms with Crippen molar-refractivity contribution < 1.29 is 14.3 Å². The molecule has 1 atom stereocenters. The summed E-state index contributed by atoms with van der Waals surface area (Å²) in [5, 5.41) is 7.60. The summed E-state index contributed by atoms with van der Waals surface area (Å²) in [5.41, 5.74) is 5.49. The van der Waals surface area contributed by atoms with Crippen LogP contribution in [0.15, 0.2) is 67.1 Å². The van der Waals surface area contributed by atoms with Gasteiger partial charge in [0.05, 0.1) is 17.4 Å². The Bertz CT molecular complexity index is 1360. The van der Waals surface area contributed by atoms with Crippen LogP contribution in [-0.2, 0) is 11.3 Å². The smallest absolute Gasteiger partial charge is 0.220 e. The van der Waals surface area contributed by atoms with Gasteiger partial charge in [-0.1, -0.05) is 18.2 Å². The summed E-state index contributed by atoms with van der Waals surface area (Å²) in [4.78, 5) is 15.9. The summed E-state index contributed by atoms with van der Waals surface area (Å²) < 4.78 is 13.6. The molecule has 0 spiro atoms. The van der Waals surface area contributed by atoms with Gasteiger partial charge in [-0.15, -0.1) is 0 Å². The van der Waals surface area contributed by atoms with Gasteiger partial charge < -0.3 is 24.7 Å². The largest absolute Gasteiger partial charge is 0.486 e. The number of rotatable bonds is 6. The number of nitrogens with one attached hydrogen (secondary N) is 2. The second-order valence-corrected chi connectivity index (χ2v) is 8.77. The zero-order valence-corrected chi connectivity index (χ0v) is 18.8. The van der Waals surface area contributed by atoms with Gasteiger partial charge >= 0.3 is 0 Å². The quantitative estimate of drug-likeness (QED) is 0.463. The van der Waals surface area contributed by atoms with Crippen LogP contribution in [0.5, 0.6) is 11.5 Å². The molecule has 4 heterocycles. The van der Waals surface area contributed by atoms with Crippen molar-refractivity contribution in [2.75, 3.05) is 19.8 Å². The molecule has 0 unspecified atom stereocenters. The molecule has 1 saturated heterocycles. The molecule has 2 aromatic heterocycles. The van der Waals surface area contributed by atoms with Crippen LogP contribution in [0.4, 0.5) is 0 Å². The summed E-state index contributed by atoms with van der Waals surface area (Å²) in [6, 6.07) is 17.0. The number of hydrogen-bond donors (Lipinski definition) is 2. The fourth-order valence-electron chi connectivity index (χ4n) is 4.78. The Morgan fingerprint density at radius 3 is 2.85 bits per heavy atom. The van der Waals surface area contributed by atoms with E-state index in [9.17, 15) is 4.79 Å². The molecule has 6 rings (SSSR count). The van der Waals surface area contributed by atoms with Crippen molar-refractivity contribution >= 4 is 16.8 Å². The van der Waals surface area contributed by atoms with E-state index >= 15 is 0 Å². The highest BCUT2D eigenvalue weighted by atomic mass is 16.6. The molecule has 1 fully saturated rings. The van der Waals surface area contributed by atoms with Gasteiger partial charge in [0, 0.05) is 43.3 Å². The summed E-state index contributed by atoms with van der Waals surface area (Å²) in [6.45, 7) is 2.63. The number of benzene rings is 2. The molecule has 2 aromatic carbocycles. The molecule has 1 amide bonds. The van der Waals surface area contributed by atoms with E-state index in [2.05, 4.69) is 68.8 Å². The van der Waals surface area contributed by atoms with Gasteiger partial charge in [0.25, 0.3) is 0 Å². The minimum absolute atomic E-state index is 0.144. The van der Waals surface area contributed by atoms with Gasteiger partial charge in [-0.05, 0) is 53.4 Å². The first-order valence-electron chi connectivity index (χ1n) is 11.7. The molecule has 2 aliphatic rings. The maximum Gasteiger partial charge on any atom is 0.220 e. The fraction of sp³-hybridized carbons (Fsp3) is 0.259. The van der Waals surface area contributed by atoms with E-state index in [1.54, 1.807) is 0 Å². The average Bonchev–Trinajstić information content (AvgIpc) is 3.50. The third kappa shape index (κ3) is 3.99.